The Labute approximate surface area is 194 Å². The first-order chi connectivity index (χ1) is 16.1. The largest absolute Gasteiger partial charge is 0.497 e. The first-order valence-electron chi connectivity index (χ1n) is 11.4. The molecule has 0 saturated carbocycles. The predicted molar refractivity (Wildman–Crippen MR) is 126 cm³/mol. The van der Waals surface area contributed by atoms with E-state index in [9.17, 15) is 4.79 Å². The molecule has 0 bridgehead atoms. The van der Waals surface area contributed by atoms with Crippen LogP contribution < -0.4 is 9.47 Å². The van der Waals surface area contributed by atoms with Crippen molar-refractivity contribution in [1.82, 2.24) is 14.7 Å². The van der Waals surface area contributed by atoms with Gasteiger partial charge in [0.1, 0.15) is 11.5 Å². The van der Waals surface area contributed by atoms with Crippen LogP contribution in [-0.4, -0.2) is 54.0 Å². The van der Waals surface area contributed by atoms with Crippen LogP contribution in [0.5, 0.6) is 17.4 Å². The number of nitrogens with zero attached hydrogens (tertiary/aromatic N) is 3. The van der Waals surface area contributed by atoms with E-state index in [0.29, 0.717) is 45.0 Å². The van der Waals surface area contributed by atoms with Crippen molar-refractivity contribution < 1.29 is 19.0 Å². The van der Waals surface area contributed by atoms with Crippen molar-refractivity contribution in [2.45, 2.75) is 33.1 Å². The number of amides is 1. The third kappa shape index (κ3) is 5.37. The highest BCUT2D eigenvalue weighted by atomic mass is 16.5. The van der Waals surface area contributed by atoms with Crippen molar-refractivity contribution >= 4 is 5.91 Å². The van der Waals surface area contributed by atoms with Crippen LogP contribution in [0.4, 0.5) is 0 Å². The highest BCUT2D eigenvalue weighted by Gasteiger charge is 2.23. The lowest BCUT2D eigenvalue weighted by atomic mass is 10.1. The Morgan fingerprint density at radius 3 is 2.52 bits per heavy atom. The number of aromatic nitrogens is 2. The van der Waals surface area contributed by atoms with Crippen molar-refractivity contribution in [2.75, 3.05) is 33.4 Å². The van der Waals surface area contributed by atoms with Crippen molar-refractivity contribution in [3.63, 3.8) is 0 Å². The molecule has 3 aromatic rings. The summed E-state index contributed by atoms with van der Waals surface area (Å²) in [5, 5.41) is 4.87. The minimum atomic E-state index is 0.138. The minimum Gasteiger partial charge on any atom is -0.497 e. The molecule has 1 fully saturated rings. The molecule has 4 rings (SSSR count). The summed E-state index contributed by atoms with van der Waals surface area (Å²) in [4.78, 5) is 14.7. The summed E-state index contributed by atoms with van der Waals surface area (Å²) < 4.78 is 18.9. The van der Waals surface area contributed by atoms with Gasteiger partial charge in [-0.15, -0.1) is 0 Å². The number of rotatable bonds is 8. The van der Waals surface area contributed by atoms with Gasteiger partial charge >= 0.3 is 0 Å². The average molecular weight is 450 g/mol. The van der Waals surface area contributed by atoms with Crippen LogP contribution in [0.25, 0.3) is 5.69 Å². The maximum absolute atomic E-state index is 12.8. The van der Waals surface area contributed by atoms with Crippen molar-refractivity contribution in [3.05, 3.63) is 65.4 Å². The Balaban J connectivity index is 1.68. The van der Waals surface area contributed by atoms with Crippen LogP contribution in [0, 0.1) is 6.92 Å². The summed E-state index contributed by atoms with van der Waals surface area (Å²) in [6, 6.07) is 15.7. The smallest absolute Gasteiger partial charge is 0.226 e. The molecule has 7 nitrogen and oxygen atoms in total. The molecule has 0 aliphatic carbocycles. The second-order valence-electron chi connectivity index (χ2n) is 8.11. The van der Waals surface area contributed by atoms with Crippen LogP contribution in [0.15, 0.2) is 48.5 Å². The van der Waals surface area contributed by atoms with Crippen LogP contribution in [0.1, 0.15) is 30.2 Å². The Kier molecular flexibility index (Phi) is 7.29. The Morgan fingerprint density at radius 1 is 1.09 bits per heavy atom. The van der Waals surface area contributed by atoms with E-state index in [4.69, 9.17) is 19.3 Å². The number of carbonyl (C=O) groups is 1. The Bertz CT molecular complexity index is 1090. The zero-order valence-electron chi connectivity index (χ0n) is 19.5. The quantitative estimate of drug-likeness (QED) is 0.512. The Hall–Kier alpha value is -3.32. The van der Waals surface area contributed by atoms with Crippen molar-refractivity contribution in [3.8, 4) is 23.1 Å². The second-order valence-corrected chi connectivity index (χ2v) is 8.11. The molecule has 1 saturated heterocycles. The summed E-state index contributed by atoms with van der Waals surface area (Å²) >= 11 is 0. The zero-order chi connectivity index (χ0) is 23.2. The molecular weight excluding hydrogens is 418 g/mol. The third-order valence-corrected chi connectivity index (χ3v) is 5.83. The summed E-state index contributed by atoms with van der Waals surface area (Å²) in [6.45, 7) is 6.61. The summed E-state index contributed by atoms with van der Waals surface area (Å²) in [5.41, 5.74) is 3.89. The van der Waals surface area contributed by atoms with Gasteiger partial charge in [0.15, 0.2) is 0 Å². The molecule has 1 aliphatic rings. The number of hydrogen-bond donors (Lipinski definition) is 0. The van der Waals surface area contributed by atoms with Crippen molar-refractivity contribution in [2.24, 2.45) is 0 Å². The number of morpholine rings is 1. The molecule has 2 aromatic carbocycles. The van der Waals surface area contributed by atoms with E-state index in [2.05, 4.69) is 6.92 Å². The zero-order valence-corrected chi connectivity index (χ0v) is 19.5. The van der Waals surface area contributed by atoms with E-state index < -0.39 is 0 Å². The lowest BCUT2D eigenvalue weighted by Crippen LogP contribution is -2.40. The number of carbonyl (C=O) groups excluding carboxylic acids is 1. The number of benzene rings is 2. The molecule has 0 radical (unpaired) electrons. The summed E-state index contributed by atoms with van der Waals surface area (Å²) in [5.74, 6) is 2.31. The fourth-order valence-corrected chi connectivity index (χ4v) is 4.01. The topological polar surface area (TPSA) is 65.8 Å². The van der Waals surface area contributed by atoms with Gasteiger partial charge in [-0.3, -0.25) is 4.79 Å². The number of hydrogen-bond acceptors (Lipinski definition) is 5. The molecule has 174 valence electrons. The first kappa shape index (κ1) is 22.9. The van der Waals surface area contributed by atoms with E-state index in [1.54, 1.807) is 7.11 Å². The maximum atomic E-state index is 12.8. The molecule has 0 atom stereocenters. The molecule has 1 amide bonds. The monoisotopic (exact) mass is 449 g/mol. The standard InChI is InChI=1S/C26H31N3O4/c1-4-24-23(12-13-25(30)28-14-16-32-17-15-28)26(33-22-7-5-6-19(2)18-22)29(27-24)20-8-10-21(31-3)11-9-20/h5-11,18H,4,12-17H2,1-3H3. The van der Waals surface area contributed by atoms with Gasteiger partial charge in [-0.05, 0) is 61.7 Å². The molecule has 0 spiro atoms. The number of methoxy groups -OCH3 is 1. The molecular formula is C26H31N3O4. The first-order valence-corrected chi connectivity index (χ1v) is 11.4. The minimum absolute atomic E-state index is 0.138. The van der Waals surface area contributed by atoms with E-state index in [1.807, 2.05) is 65.0 Å². The molecule has 2 heterocycles. The average Bonchev–Trinajstić information content (AvgIpc) is 3.20. The highest BCUT2D eigenvalue weighted by Crippen LogP contribution is 2.33. The van der Waals surface area contributed by atoms with Gasteiger partial charge in [0.05, 0.1) is 31.7 Å². The summed E-state index contributed by atoms with van der Waals surface area (Å²) in [6.07, 6.45) is 1.72. The van der Waals surface area contributed by atoms with Gasteiger partial charge in [-0.25, -0.2) is 4.68 Å². The lowest BCUT2D eigenvalue weighted by Gasteiger charge is -2.26. The molecule has 7 heteroatoms. The highest BCUT2D eigenvalue weighted by molar-refractivity contribution is 5.76. The van der Waals surface area contributed by atoms with Crippen molar-refractivity contribution in [1.29, 1.82) is 0 Å². The van der Waals surface area contributed by atoms with Gasteiger partial charge in [-0.2, -0.15) is 5.10 Å². The molecule has 1 aliphatic heterocycles. The van der Waals surface area contributed by atoms with Gasteiger partial charge in [0.2, 0.25) is 11.8 Å². The fraction of sp³-hybridized carbons (Fsp3) is 0.385. The van der Waals surface area contributed by atoms with Gasteiger partial charge in [0.25, 0.3) is 0 Å². The molecule has 33 heavy (non-hydrogen) atoms. The van der Waals surface area contributed by atoms with Gasteiger partial charge in [-0.1, -0.05) is 19.1 Å². The van der Waals surface area contributed by atoms with E-state index in [1.165, 1.54) is 0 Å². The van der Waals surface area contributed by atoms with Gasteiger partial charge < -0.3 is 19.1 Å². The van der Waals surface area contributed by atoms with Crippen LogP contribution in [0.3, 0.4) is 0 Å². The number of aryl methyl sites for hydroxylation is 2. The van der Waals surface area contributed by atoms with Crippen LogP contribution in [0.2, 0.25) is 0 Å². The van der Waals surface area contributed by atoms with E-state index in [0.717, 1.165) is 40.4 Å². The molecule has 0 unspecified atom stereocenters. The van der Waals surface area contributed by atoms with Crippen LogP contribution in [-0.2, 0) is 22.4 Å². The second kappa shape index (κ2) is 10.5. The number of ether oxygens (including phenoxy) is 3. The SMILES string of the molecule is CCc1nn(-c2ccc(OC)cc2)c(Oc2cccc(C)c2)c1CCC(=O)N1CCOCC1. The maximum Gasteiger partial charge on any atom is 0.226 e. The summed E-state index contributed by atoms with van der Waals surface area (Å²) in [7, 11) is 1.65. The Morgan fingerprint density at radius 2 is 1.85 bits per heavy atom. The normalized spacial score (nSPS) is 13.7. The van der Waals surface area contributed by atoms with Crippen LogP contribution >= 0.6 is 0 Å². The van der Waals surface area contributed by atoms with Gasteiger partial charge in [0, 0.05) is 25.1 Å². The van der Waals surface area contributed by atoms with E-state index in [-0.39, 0.29) is 5.91 Å². The molecule has 0 N–H and O–H groups in total. The third-order valence-electron chi connectivity index (χ3n) is 5.83. The lowest BCUT2D eigenvalue weighted by molar-refractivity contribution is -0.135. The molecule has 1 aromatic heterocycles. The predicted octanol–water partition coefficient (Wildman–Crippen LogP) is 4.34. The van der Waals surface area contributed by atoms with E-state index >= 15 is 0 Å². The fourth-order valence-electron chi connectivity index (χ4n) is 4.01.